The second-order valence-corrected chi connectivity index (χ2v) is 3.13. The van der Waals surface area contributed by atoms with Crippen LogP contribution < -0.4 is 0 Å². The Hall–Kier alpha value is -0.0800. The van der Waals surface area contributed by atoms with Gasteiger partial charge in [-0.15, -0.1) is 0 Å². The third-order valence-electron chi connectivity index (χ3n) is 2.54. The summed E-state index contributed by atoms with van der Waals surface area (Å²) in [4.78, 5) is 0. The Bertz CT molecular complexity index is 124. The molecule has 2 aliphatic rings. The van der Waals surface area contributed by atoms with Crippen LogP contribution >= 0.6 is 0 Å². The van der Waals surface area contributed by atoms with Crippen LogP contribution in [-0.4, -0.2) is 23.9 Å². The lowest BCUT2D eigenvalue weighted by atomic mass is 10.2. The second-order valence-electron chi connectivity index (χ2n) is 3.13. The summed E-state index contributed by atoms with van der Waals surface area (Å²) < 4.78 is 5.42. The summed E-state index contributed by atoms with van der Waals surface area (Å²) in [6.07, 6.45) is 1.86. The molecular weight excluding hydrogens is 116 g/mol. The number of hydrogen-bond donors (Lipinski definition) is 1. The number of fused-ring (bicyclic) bond motifs is 1. The molecule has 0 bridgehead atoms. The fraction of sp³-hybridized carbons (Fsp3) is 1.00. The summed E-state index contributed by atoms with van der Waals surface area (Å²) in [6.45, 7) is 2.31. The van der Waals surface area contributed by atoms with Gasteiger partial charge < -0.3 is 9.84 Å². The number of aliphatic hydroxyl groups is 1. The van der Waals surface area contributed by atoms with Crippen LogP contribution in [0.2, 0.25) is 0 Å². The predicted molar refractivity (Wildman–Crippen MR) is 33.0 cm³/mol. The first-order valence-electron chi connectivity index (χ1n) is 3.59. The van der Waals surface area contributed by atoms with Crippen LogP contribution in [0.4, 0.5) is 0 Å². The van der Waals surface area contributed by atoms with Crippen molar-refractivity contribution in [3.8, 4) is 0 Å². The van der Waals surface area contributed by atoms with Crippen LogP contribution in [0.15, 0.2) is 0 Å². The van der Waals surface area contributed by atoms with Crippen LogP contribution in [0.3, 0.4) is 0 Å². The summed E-state index contributed by atoms with van der Waals surface area (Å²) in [5.74, 6) is 1.48. The van der Waals surface area contributed by atoms with E-state index in [1.165, 1.54) is 6.42 Å². The number of rotatable bonds is 1. The van der Waals surface area contributed by atoms with Crippen molar-refractivity contribution < 1.29 is 9.84 Å². The molecule has 0 radical (unpaired) electrons. The zero-order valence-corrected chi connectivity index (χ0v) is 5.58. The summed E-state index contributed by atoms with van der Waals surface area (Å²) in [5.41, 5.74) is 0. The van der Waals surface area contributed by atoms with E-state index in [1.807, 2.05) is 0 Å². The summed E-state index contributed by atoms with van der Waals surface area (Å²) >= 11 is 0. The monoisotopic (exact) mass is 128 g/mol. The van der Waals surface area contributed by atoms with Crippen molar-refractivity contribution >= 4 is 0 Å². The normalized spacial score (nSPS) is 55.3. The Morgan fingerprint density at radius 2 is 2.33 bits per heavy atom. The molecule has 52 valence electrons. The maximum Gasteiger partial charge on any atom is 0.0841 e. The summed E-state index contributed by atoms with van der Waals surface area (Å²) in [6, 6.07) is 0. The van der Waals surface area contributed by atoms with Crippen molar-refractivity contribution in [3.63, 3.8) is 0 Å². The van der Waals surface area contributed by atoms with Crippen molar-refractivity contribution in [2.24, 2.45) is 11.8 Å². The van der Waals surface area contributed by atoms with Crippen molar-refractivity contribution in [1.82, 2.24) is 0 Å². The highest BCUT2D eigenvalue weighted by Gasteiger charge is 2.53. The molecule has 2 rings (SSSR count). The molecule has 4 atom stereocenters. The molecule has 1 saturated heterocycles. The Kier molecular flexibility index (Phi) is 1.08. The van der Waals surface area contributed by atoms with Crippen LogP contribution in [0.1, 0.15) is 13.3 Å². The number of hydrogen-bond acceptors (Lipinski definition) is 2. The van der Waals surface area contributed by atoms with E-state index in [0.29, 0.717) is 12.0 Å². The van der Waals surface area contributed by atoms with Crippen molar-refractivity contribution in [1.29, 1.82) is 0 Å². The zero-order valence-electron chi connectivity index (χ0n) is 5.58. The standard InChI is InChI=1S/C7H12O2/c1-4-5-2-6(5)7(3-8)9-4/h4-8H,2-3H2,1H3/t4-,5?,6-,7+/m0/s1. The first kappa shape index (κ1) is 5.69. The average molecular weight is 128 g/mol. The number of ether oxygens (including phenoxy) is 1. The van der Waals surface area contributed by atoms with Gasteiger partial charge in [-0.05, 0) is 25.2 Å². The largest absolute Gasteiger partial charge is 0.394 e. The minimum Gasteiger partial charge on any atom is -0.394 e. The third-order valence-corrected chi connectivity index (χ3v) is 2.54. The second kappa shape index (κ2) is 1.70. The maximum absolute atomic E-state index is 8.76. The van der Waals surface area contributed by atoms with E-state index in [0.717, 1.165) is 5.92 Å². The van der Waals surface area contributed by atoms with Gasteiger partial charge in [0.1, 0.15) is 0 Å². The molecule has 1 unspecified atom stereocenters. The van der Waals surface area contributed by atoms with E-state index in [1.54, 1.807) is 0 Å². The van der Waals surface area contributed by atoms with Crippen molar-refractivity contribution in [3.05, 3.63) is 0 Å². The molecule has 0 aromatic rings. The molecule has 1 aliphatic carbocycles. The first-order valence-corrected chi connectivity index (χ1v) is 3.59. The van der Waals surface area contributed by atoms with E-state index in [9.17, 15) is 0 Å². The highest BCUT2D eigenvalue weighted by molar-refractivity contribution is 5.00. The van der Waals surface area contributed by atoms with Gasteiger partial charge in [0.2, 0.25) is 0 Å². The van der Waals surface area contributed by atoms with Crippen LogP contribution in [0.25, 0.3) is 0 Å². The molecule has 2 heteroatoms. The minimum atomic E-state index is 0.171. The molecule has 0 amide bonds. The lowest BCUT2D eigenvalue weighted by Gasteiger charge is -2.11. The van der Waals surface area contributed by atoms with Gasteiger partial charge in [-0.2, -0.15) is 0 Å². The van der Waals surface area contributed by atoms with Gasteiger partial charge in [-0.25, -0.2) is 0 Å². The van der Waals surface area contributed by atoms with Crippen molar-refractivity contribution in [2.45, 2.75) is 25.6 Å². The van der Waals surface area contributed by atoms with E-state index in [-0.39, 0.29) is 12.7 Å². The highest BCUT2D eigenvalue weighted by Crippen LogP contribution is 2.51. The van der Waals surface area contributed by atoms with Gasteiger partial charge in [0.25, 0.3) is 0 Å². The predicted octanol–water partition coefficient (Wildman–Crippen LogP) is 0.402. The Morgan fingerprint density at radius 3 is 2.56 bits per heavy atom. The molecule has 1 aliphatic heterocycles. The topological polar surface area (TPSA) is 29.5 Å². The van der Waals surface area contributed by atoms with Gasteiger partial charge in [0.05, 0.1) is 18.8 Å². The van der Waals surface area contributed by atoms with Gasteiger partial charge in [-0.1, -0.05) is 0 Å². The summed E-state index contributed by atoms with van der Waals surface area (Å²) in [5, 5.41) is 8.76. The molecule has 1 N–H and O–H groups in total. The SMILES string of the molecule is C[C@@H]1O[C@H](CO)[C@H]2CC12. The van der Waals surface area contributed by atoms with Crippen molar-refractivity contribution in [2.75, 3.05) is 6.61 Å². The first-order chi connectivity index (χ1) is 4.33. The molecule has 1 saturated carbocycles. The Morgan fingerprint density at radius 1 is 1.56 bits per heavy atom. The molecule has 0 spiro atoms. The van der Waals surface area contributed by atoms with E-state index < -0.39 is 0 Å². The smallest absolute Gasteiger partial charge is 0.0841 e. The lowest BCUT2D eigenvalue weighted by molar-refractivity contribution is -0.00680. The van der Waals surface area contributed by atoms with Crippen LogP contribution in [0, 0.1) is 11.8 Å². The van der Waals surface area contributed by atoms with E-state index >= 15 is 0 Å². The van der Waals surface area contributed by atoms with Gasteiger partial charge >= 0.3 is 0 Å². The molecular formula is C7H12O2. The Labute approximate surface area is 54.8 Å². The minimum absolute atomic E-state index is 0.171. The average Bonchev–Trinajstić information content (AvgIpc) is 2.56. The van der Waals surface area contributed by atoms with Crippen LogP contribution in [0.5, 0.6) is 0 Å². The maximum atomic E-state index is 8.76. The molecule has 0 aromatic carbocycles. The molecule has 2 nitrogen and oxygen atoms in total. The fourth-order valence-corrected chi connectivity index (χ4v) is 1.86. The van der Waals surface area contributed by atoms with Gasteiger partial charge in [0.15, 0.2) is 0 Å². The molecule has 1 heterocycles. The van der Waals surface area contributed by atoms with E-state index in [4.69, 9.17) is 9.84 Å². The highest BCUT2D eigenvalue weighted by atomic mass is 16.5. The quantitative estimate of drug-likeness (QED) is 0.554. The van der Waals surface area contributed by atoms with Crippen LogP contribution in [-0.2, 0) is 4.74 Å². The third kappa shape index (κ3) is 0.700. The van der Waals surface area contributed by atoms with Gasteiger partial charge in [0, 0.05) is 0 Å². The molecule has 9 heavy (non-hydrogen) atoms. The lowest BCUT2D eigenvalue weighted by Crippen LogP contribution is -2.18. The van der Waals surface area contributed by atoms with Gasteiger partial charge in [-0.3, -0.25) is 0 Å². The molecule has 0 aromatic heterocycles. The Balaban J connectivity index is 2.00. The zero-order chi connectivity index (χ0) is 6.43. The number of aliphatic hydroxyl groups excluding tert-OH is 1. The fourth-order valence-electron chi connectivity index (χ4n) is 1.86. The summed E-state index contributed by atoms with van der Waals surface area (Å²) in [7, 11) is 0. The van der Waals surface area contributed by atoms with E-state index in [2.05, 4.69) is 6.92 Å². The molecule has 2 fully saturated rings.